The van der Waals surface area contributed by atoms with Gasteiger partial charge in [-0.1, -0.05) is 23.4 Å². The molecule has 0 aliphatic carbocycles. The highest BCUT2D eigenvalue weighted by atomic mass is 16.2. The zero-order valence-corrected chi connectivity index (χ0v) is 15.6. The number of amides is 1. The van der Waals surface area contributed by atoms with Crippen molar-refractivity contribution in [3.8, 4) is 0 Å². The largest absolute Gasteiger partial charge is 0.372 e. The standard InChI is InChI=1S/C19H28N6O/c1-19(2,21-16-8-4-3-5-9-16)18(26)24-10-6-7-15(12-24)13-25-14-17(11-20)22-23-25/h3-5,8-9,14-15,21H,6-7,10-13,20H2,1-2H3/t15-/m1/s1. The number of para-hydroxylation sites is 1. The Labute approximate surface area is 154 Å². The zero-order chi connectivity index (χ0) is 18.6. The lowest BCUT2D eigenvalue weighted by Crippen LogP contribution is -2.53. The Morgan fingerprint density at radius 3 is 2.81 bits per heavy atom. The topological polar surface area (TPSA) is 89.1 Å². The second kappa shape index (κ2) is 7.86. The molecule has 2 heterocycles. The maximum Gasteiger partial charge on any atom is 0.247 e. The van der Waals surface area contributed by atoms with Crippen LogP contribution in [0.4, 0.5) is 5.69 Å². The molecule has 1 aromatic carbocycles. The Bertz CT molecular complexity index is 727. The second-order valence-electron chi connectivity index (χ2n) is 7.51. The summed E-state index contributed by atoms with van der Waals surface area (Å²) in [4.78, 5) is 15.1. The molecule has 0 radical (unpaired) electrons. The van der Waals surface area contributed by atoms with Gasteiger partial charge in [0.05, 0.1) is 5.69 Å². The van der Waals surface area contributed by atoms with Gasteiger partial charge in [0, 0.05) is 38.1 Å². The molecule has 2 aromatic rings. The Balaban J connectivity index is 1.61. The summed E-state index contributed by atoms with van der Waals surface area (Å²) in [7, 11) is 0. The normalized spacial score (nSPS) is 18.0. The summed E-state index contributed by atoms with van der Waals surface area (Å²) in [6.07, 6.45) is 3.99. The second-order valence-corrected chi connectivity index (χ2v) is 7.51. The third kappa shape index (κ3) is 4.40. The van der Waals surface area contributed by atoms with Crippen molar-refractivity contribution in [3.05, 3.63) is 42.2 Å². The first kappa shape index (κ1) is 18.4. The lowest BCUT2D eigenvalue weighted by atomic mass is 9.95. The minimum Gasteiger partial charge on any atom is -0.372 e. The first-order chi connectivity index (χ1) is 12.5. The molecule has 7 nitrogen and oxygen atoms in total. The summed E-state index contributed by atoms with van der Waals surface area (Å²) >= 11 is 0. The third-order valence-corrected chi connectivity index (χ3v) is 4.81. The number of hydrogen-bond acceptors (Lipinski definition) is 5. The molecule has 1 fully saturated rings. The van der Waals surface area contributed by atoms with E-state index in [2.05, 4.69) is 15.6 Å². The van der Waals surface area contributed by atoms with Crippen molar-refractivity contribution in [3.63, 3.8) is 0 Å². The van der Waals surface area contributed by atoms with Crippen LogP contribution in [0, 0.1) is 5.92 Å². The highest BCUT2D eigenvalue weighted by Gasteiger charge is 2.34. The Morgan fingerprint density at radius 2 is 2.12 bits per heavy atom. The average molecular weight is 356 g/mol. The van der Waals surface area contributed by atoms with Gasteiger partial charge in [0.2, 0.25) is 5.91 Å². The van der Waals surface area contributed by atoms with Crippen LogP contribution < -0.4 is 11.1 Å². The van der Waals surface area contributed by atoms with Gasteiger partial charge in [0.15, 0.2) is 0 Å². The van der Waals surface area contributed by atoms with Gasteiger partial charge in [0.25, 0.3) is 0 Å². The van der Waals surface area contributed by atoms with E-state index in [-0.39, 0.29) is 5.91 Å². The number of nitrogens with one attached hydrogen (secondary N) is 1. The van der Waals surface area contributed by atoms with Gasteiger partial charge in [-0.2, -0.15) is 0 Å². The molecule has 140 valence electrons. The van der Waals surface area contributed by atoms with E-state index in [1.165, 1.54) is 0 Å². The van der Waals surface area contributed by atoms with Crippen LogP contribution >= 0.6 is 0 Å². The predicted octanol–water partition coefficient (Wildman–Crippen LogP) is 1.87. The summed E-state index contributed by atoms with van der Waals surface area (Å²) < 4.78 is 1.84. The van der Waals surface area contributed by atoms with Gasteiger partial charge in [-0.15, -0.1) is 5.10 Å². The summed E-state index contributed by atoms with van der Waals surface area (Å²) in [5.74, 6) is 0.514. The van der Waals surface area contributed by atoms with Crippen LogP contribution in [-0.4, -0.2) is 44.4 Å². The number of benzene rings is 1. The number of carbonyl (C=O) groups excluding carboxylic acids is 1. The fourth-order valence-corrected chi connectivity index (χ4v) is 3.52. The smallest absolute Gasteiger partial charge is 0.247 e. The van der Waals surface area contributed by atoms with E-state index in [9.17, 15) is 4.79 Å². The van der Waals surface area contributed by atoms with Gasteiger partial charge in [-0.25, -0.2) is 0 Å². The molecule has 0 spiro atoms. The molecular weight excluding hydrogens is 328 g/mol. The molecule has 0 saturated carbocycles. The summed E-state index contributed by atoms with van der Waals surface area (Å²) in [6, 6.07) is 9.86. The van der Waals surface area contributed by atoms with E-state index in [0.29, 0.717) is 12.5 Å². The molecule has 1 amide bonds. The Morgan fingerprint density at radius 1 is 1.35 bits per heavy atom. The zero-order valence-electron chi connectivity index (χ0n) is 15.6. The molecule has 0 unspecified atom stereocenters. The van der Waals surface area contributed by atoms with Gasteiger partial charge in [0.1, 0.15) is 5.54 Å². The van der Waals surface area contributed by atoms with E-state index in [0.717, 1.165) is 43.9 Å². The van der Waals surface area contributed by atoms with Crippen LogP contribution in [0.3, 0.4) is 0 Å². The van der Waals surface area contributed by atoms with Crippen LogP contribution in [0.5, 0.6) is 0 Å². The number of nitrogens with two attached hydrogens (primary N) is 1. The third-order valence-electron chi connectivity index (χ3n) is 4.81. The van der Waals surface area contributed by atoms with Crippen molar-refractivity contribution in [2.75, 3.05) is 18.4 Å². The molecule has 3 N–H and O–H groups in total. The highest BCUT2D eigenvalue weighted by molar-refractivity contribution is 5.88. The highest BCUT2D eigenvalue weighted by Crippen LogP contribution is 2.23. The van der Waals surface area contributed by atoms with Crippen molar-refractivity contribution in [2.24, 2.45) is 11.7 Å². The van der Waals surface area contributed by atoms with Crippen LogP contribution in [-0.2, 0) is 17.9 Å². The van der Waals surface area contributed by atoms with Crippen molar-refractivity contribution in [2.45, 2.75) is 45.3 Å². The van der Waals surface area contributed by atoms with E-state index in [1.54, 1.807) is 0 Å². The number of anilines is 1. The molecule has 1 atom stereocenters. The van der Waals surface area contributed by atoms with Crippen LogP contribution in [0.1, 0.15) is 32.4 Å². The summed E-state index contributed by atoms with van der Waals surface area (Å²) in [5, 5.41) is 11.5. The van der Waals surface area contributed by atoms with Crippen molar-refractivity contribution < 1.29 is 4.79 Å². The van der Waals surface area contributed by atoms with Gasteiger partial charge >= 0.3 is 0 Å². The minimum atomic E-state index is -0.650. The Hall–Kier alpha value is -2.41. The maximum atomic E-state index is 13.1. The van der Waals surface area contributed by atoms with Crippen molar-refractivity contribution >= 4 is 11.6 Å². The SMILES string of the molecule is CC(C)(Nc1ccccc1)C(=O)N1CCC[C@@H](Cn2cc(CN)nn2)C1. The fraction of sp³-hybridized carbons (Fsp3) is 0.526. The molecule has 1 aliphatic rings. The Kier molecular flexibility index (Phi) is 5.56. The minimum absolute atomic E-state index is 0.132. The molecular formula is C19H28N6O. The van der Waals surface area contributed by atoms with Gasteiger partial charge in [-0.3, -0.25) is 9.48 Å². The lowest BCUT2D eigenvalue weighted by molar-refractivity contribution is -0.137. The van der Waals surface area contributed by atoms with Crippen LogP contribution in [0.15, 0.2) is 36.5 Å². The van der Waals surface area contributed by atoms with Crippen molar-refractivity contribution in [1.29, 1.82) is 0 Å². The molecule has 1 aliphatic heterocycles. The quantitative estimate of drug-likeness (QED) is 0.825. The maximum absolute atomic E-state index is 13.1. The lowest BCUT2D eigenvalue weighted by Gasteiger charge is -2.38. The molecule has 7 heteroatoms. The van der Waals surface area contributed by atoms with E-state index in [4.69, 9.17) is 5.73 Å². The van der Waals surface area contributed by atoms with Crippen LogP contribution in [0.2, 0.25) is 0 Å². The van der Waals surface area contributed by atoms with Gasteiger partial charge in [-0.05, 0) is 44.7 Å². The molecule has 1 saturated heterocycles. The number of piperidine rings is 1. The number of aromatic nitrogens is 3. The monoisotopic (exact) mass is 356 g/mol. The number of hydrogen-bond donors (Lipinski definition) is 2. The van der Waals surface area contributed by atoms with E-state index < -0.39 is 5.54 Å². The summed E-state index contributed by atoms with van der Waals surface area (Å²) in [5.41, 5.74) is 6.69. The number of likely N-dealkylation sites (tertiary alicyclic amines) is 1. The molecule has 0 bridgehead atoms. The number of nitrogens with zero attached hydrogens (tertiary/aromatic N) is 4. The van der Waals surface area contributed by atoms with Crippen LogP contribution in [0.25, 0.3) is 0 Å². The first-order valence-corrected chi connectivity index (χ1v) is 9.19. The predicted molar refractivity (Wildman–Crippen MR) is 101 cm³/mol. The van der Waals surface area contributed by atoms with E-state index in [1.807, 2.05) is 60.0 Å². The molecule has 3 rings (SSSR count). The molecule has 1 aromatic heterocycles. The fourth-order valence-electron chi connectivity index (χ4n) is 3.52. The summed E-state index contributed by atoms with van der Waals surface area (Å²) in [6.45, 7) is 6.60. The number of carbonyl (C=O) groups is 1. The molecule has 26 heavy (non-hydrogen) atoms. The first-order valence-electron chi connectivity index (χ1n) is 9.19. The van der Waals surface area contributed by atoms with E-state index >= 15 is 0 Å². The van der Waals surface area contributed by atoms with Gasteiger partial charge < -0.3 is 16.0 Å². The average Bonchev–Trinajstić information content (AvgIpc) is 3.09. The van der Waals surface area contributed by atoms with Crippen molar-refractivity contribution in [1.82, 2.24) is 19.9 Å². The number of rotatable bonds is 6.